The van der Waals surface area contributed by atoms with E-state index in [4.69, 9.17) is 4.98 Å². The largest absolute Gasteiger partial charge is 0.393 e. The molecule has 1 aromatic heterocycles. The third kappa shape index (κ3) is 3.20. The second-order valence-electron chi connectivity index (χ2n) is 6.71. The van der Waals surface area contributed by atoms with Gasteiger partial charge in [-0.05, 0) is 12.3 Å². The molecule has 2 N–H and O–H groups in total. The molecule has 0 spiro atoms. The van der Waals surface area contributed by atoms with Crippen molar-refractivity contribution in [1.29, 1.82) is 0 Å². The van der Waals surface area contributed by atoms with Crippen molar-refractivity contribution in [3.05, 3.63) is 11.9 Å². The summed E-state index contributed by atoms with van der Waals surface area (Å²) in [6.07, 6.45) is 0.601. The maximum Gasteiger partial charge on any atom is 0.138 e. The summed E-state index contributed by atoms with van der Waals surface area (Å²) in [5.41, 5.74) is -0.0808. The van der Waals surface area contributed by atoms with Crippen LogP contribution in [0.2, 0.25) is 0 Å². The maximum atomic E-state index is 9.86. The van der Waals surface area contributed by atoms with Crippen LogP contribution in [0.5, 0.6) is 0 Å². The van der Waals surface area contributed by atoms with E-state index in [1.807, 2.05) is 13.1 Å². The molecule has 5 heteroatoms. The highest BCUT2D eigenvalue weighted by Crippen LogP contribution is 2.27. The quantitative estimate of drug-likeness (QED) is 0.866. The number of aromatic nitrogens is 2. The van der Waals surface area contributed by atoms with Crippen molar-refractivity contribution in [2.45, 2.75) is 45.6 Å². The number of hydrogen-bond donors (Lipinski definition) is 2. The SMILES string of the molecule is CNc1cc(N2CCC(O)C(C)C2)nc(C(C)(C)C)n1. The smallest absolute Gasteiger partial charge is 0.138 e. The number of rotatable bonds is 2. The Hall–Kier alpha value is -1.36. The number of aliphatic hydroxyl groups is 1. The lowest BCUT2D eigenvalue weighted by molar-refractivity contribution is 0.0968. The predicted octanol–water partition coefficient (Wildman–Crippen LogP) is 2.02. The van der Waals surface area contributed by atoms with E-state index in [1.165, 1.54) is 0 Å². The van der Waals surface area contributed by atoms with Gasteiger partial charge in [-0.3, -0.25) is 0 Å². The minimum absolute atomic E-state index is 0.0808. The maximum absolute atomic E-state index is 9.86. The Morgan fingerprint density at radius 2 is 2.05 bits per heavy atom. The van der Waals surface area contributed by atoms with Crippen LogP contribution in [0.15, 0.2) is 6.07 Å². The summed E-state index contributed by atoms with van der Waals surface area (Å²) < 4.78 is 0. The summed E-state index contributed by atoms with van der Waals surface area (Å²) in [5, 5.41) is 13.0. The molecular formula is C15H26N4O. The summed E-state index contributed by atoms with van der Waals surface area (Å²) in [7, 11) is 1.88. The molecule has 112 valence electrons. The molecule has 1 aliphatic rings. The molecular weight excluding hydrogens is 252 g/mol. The standard InChI is InChI=1S/C15H26N4O/c1-10-9-19(7-6-11(10)20)13-8-12(16-5)17-14(18-13)15(2,3)4/h8,10-11,20H,6-7,9H2,1-5H3,(H,16,17,18). The van der Waals surface area contributed by atoms with E-state index in [9.17, 15) is 5.11 Å². The molecule has 2 heterocycles. The van der Waals surface area contributed by atoms with Gasteiger partial charge in [-0.1, -0.05) is 27.7 Å². The van der Waals surface area contributed by atoms with Crippen LogP contribution in [0.1, 0.15) is 39.9 Å². The third-order valence-corrected chi connectivity index (χ3v) is 3.82. The molecule has 1 aliphatic heterocycles. The molecule has 2 rings (SSSR count). The normalized spacial score (nSPS) is 23.8. The van der Waals surface area contributed by atoms with Gasteiger partial charge >= 0.3 is 0 Å². The van der Waals surface area contributed by atoms with Gasteiger partial charge in [0.15, 0.2) is 0 Å². The van der Waals surface area contributed by atoms with Crippen LogP contribution in [0.3, 0.4) is 0 Å². The van der Waals surface area contributed by atoms with Crippen LogP contribution in [0, 0.1) is 5.92 Å². The van der Waals surface area contributed by atoms with Crippen LogP contribution in [-0.2, 0) is 5.41 Å². The first kappa shape index (κ1) is 15.0. The van der Waals surface area contributed by atoms with E-state index in [1.54, 1.807) is 0 Å². The fraction of sp³-hybridized carbons (Fsp3) is 0.733. The van der Waals surface area contributed by atoms with Crippen LogP contribution >= 0.6 is 0 Å². The molecule has 0 amide bonds. The zero-order valence-electron chi connectivity index (χ0n) is 13.1. The van der Waals surface area contributed by atoms with Crippen molar-refractivity contribution in [3.63, 3.8) is 0 Å². The van der Waals surface area contributed by atoms with Crippen LogP contribution in [0.4, 0.5) is 11.6 Å². The van der Waals surface area contributed by atoms with Gasteiger partial charge in [-0.15, -0.1) is 0 Å². The Labute approximate surface area is 121 Å². The summed E-state index contributed by atoms with van der Waals surface area (Å²) in [6, 6.07) is 1.99. The Kier molecular flexibility index (Phi) is 4.18. The third-order valence-electron chi connectivity index (χ3n) is 3.82. The molecule has 0 bridgehead atoms. The Bertz CT molecular complexity index is 469. The van der Waals surface area contributed by atoms with Crippen molar-refractivity contribution in [3.8, 4) is 0 Å². The Balaban J connectivity index is 2.31. The van der Waals surface area contributed by atoms with E-state index in [0.29, 0.717) is 0 Å². The van der Waals surface area contributed by atoms with E-state index in [-0.39, 0.29) is 17.4 Å². The van der Waals surface area contributed by atoms with E-state index >= 15 is 0 Å². The number of hydrogen-bond acceptors (Lipinski definition) is 5. The van der Waals surface area contributed by atoms with Gasteiger partial charge in [-0.2, -0.15) is 0 Å². The zero-order chi connectivity index (χ0) is 14.9. The fourth-order valence-corrected chi connectivity index (χ4v) is 2.40. The highest BCUT2D eigenvalue weighted by molar-refractivity contribution is 5.50. The Morgan fingerprint density at radius 3 is 2.60 bits per heavy atom. The summed E-state index contributed by atoms with van der Waals surface area (Å²) in [6.45, 7) is 10.1. The molecule has 1 fully saturated rings. The molecule has 20 heavy (non-hydrogen) atoms. The minimum atomic E-state index is -0.195. The summed E-state index contributed by atoms with van der Waals surface area (Å²) in [5.74, 6) is 2.92. The molecule has 0 radical (unpaired) electrons. The number of nitrogens with zero attached hydrogens (tertiary/aromatic N) is 3. The van der Waals surface area contributed by atoms with Gasteiger partial charge in [0.2, 0.25) is 0 Å². The number of nitrogens with one attached hydrogen (secondary N) is 1. The number of piperidine rings is 1. The Morgan fingerprint density at radius 1 is 1.35 bits per heavy atom. The molecule has 5 nitrogen and oxygen atoms in total. The first-order valence-electron chi connectivity index (χ1n) is 7.31. The van der Waals surface area contributed by atoms with Gasteiger partial charge in [0, 0.05) is 31.6 Å². The molecule has 0 aromatic carbocycles. The van der Waals surface area contributed by atoms with Crippen molar-refractivity contribution in [2.24, 2.45) is 5.92 Å². The lowest BCUT2D eigenvalue weighted by atomic mass is 9.95. The van der Waals surface area contributed by atoms with Crippen LogP contribution in [-0.4, -0.2) is 41.3 Å². The van der Waals surface area contributed by atoms with Crippen molar-refractivity contribution >= 4 is 11.6 Å². The van der Waals surface area contributed by atoms with E-state index in [0.717, 1.165) is 37.0 Å². The molecule has 0 aliphatic carbocycles. The highest BCUT2D eigenvalue weighted by atomic mass is 16.3. The first-order valence-corrected chi connectivity index (χ1v) is 7.31. The van der Waals surface area contributed by atoms with Gasteiger partial charge in [0.1, 0.15) is 17.5 Å². The van der Waals surface area contributed by atoms with Gasteiger partial charge in [0.25, 0.3) is 0 Å². The van der Waals surface area contributed by atoms with Gasteiger partial charge in [-0.25, -0.2) is 9.97 Å². The molecule has 1 saturated heterocycles. The van der Waals surface area contributed by atoms with Crippen molar-refractivity contribution < 1.29 is 5.11 Å². The summed E-state index contributed by atoms with van der Waals surface area (Å²) in [4.78, 5) is 11.5. The van der Waals surface area contributed by atoms with Crippen LogP contribution < -0.4 is 10.2 Å². The average Bonchev–Trinajstić information content (AvgIpc) is 2.40. The second kappa shape index (κ2) is 5.56. The topological polar surface area (TPSA) is 61.3 Å². The van der Waals surface area contributed by atoms with Gasteiger partial charge in [0.05, 0.1) is 6.10 Å². The number of anilines is 2. The zero-order valence-corrected chi connectivity index (χ0v) is 13.1. The second-order valence-corrected chi connectivity index (χ2v) is 6.71. The molecule has 2 atom stereocenters. The lowest BCUT2D eigenvalue weighted by Gasteiger charge is -2.35. The highest BCUT2D eigenvalue weighted by Gasteiger charge is 2.27. The fourth-order valence-electron chi connectivity index (χ4n) is 2.40. The van der Waals surface area contributed by atoms with Crippen molar-refractivity contribution in [1.82, 2.24) is 9.97 Å². The molecule has 1 aromatic rings. The van der Waals surface area contributed by atoms with E-state index in [2.05, 4.69) is 42.9 Å². The van der Waals surface area contributed by atoms with Gasteiger partial charge < -0.3 is 15.3 Å². The van der Waals surface area contributed by atoms with Crippen LogP contribution in [0.25, 0.3) is 0 Å². The number of aliphatic hydroxyl groups excluding tert-OH is 1. The lowest BCUT2D eigenvalue weighted by Crippen LogP contribution is -2.42. The van der Waals surface area contributed by atoms with E-state index < -0.39 is 0 Å². The van der Waals surface area contributed by atoms with Crippen molar-refractivity contribution in [2.75, 3.05) is 30.4 Å². The average molecular weight is 278 g/mol. The monoisotopic (exact) mass is 278 g/mol. The molecule has 2 unspecified atom stereocenters. The first-order chi connectivity index (χ1) is 9.31. The predicted molar refractivity (Wildman–Crippen MR) is 82.3 cm³/mol. The minimum Gasteiger partial charge on any atom is -0.393 e. The molecule has 0 saturated carbocycles. The summed E-state index contributed by atoms with van der Waals surface area (Å²) >= 11 is 0.